The molecule has 1 unspecified atom stereocenters. The van der Waals surface area contributed by atoms with Gasteiger partial charge in [0.05, 0.1) is 18.2 Å². The van der Waals surface area contributed by atoms with Crippen LogP contribution in [0.5, 0.6) is 0 Å². The Morgan fingerprint density at radius 1 is 1.38 bits per heavy atom. The SMILES string of the molecule is CCC(CC)(CO)NC(=O)Nc1cccc(C(C)OC)c1. The van der Waals surface area contributed by atoms with Crippen LogP contribution in [0, 0.1) is 0 Å². The summed E-state index contributed by atoms with van der Waals surface area (Å²) in [5, 5.41) is 15.1. The van der Waals surface area contributed by atoms with Crippen molar-refractivity contribution in [2.45, 2.75) is 45.3 Å². The molecule has 0 aliphatic heterocycles. The second kappa shape index (κ2) is 8.00. The Morgan fingerprint density at radius 3 is 2.57 bits per heavy atom. The summed E-state index contributed by atoms with van der Waals surface area (Å²) in [5.74, 6) is 0. The molecule has 1 aromatic rings. The van der Waals surface area contributed by atoms with E-state index >= 15 is 0 Å². The number of nitrogens with one attached hydrogen (secondary N) is 2. The summed E-state index contributed by atoms with van der Waals surface area (Å²) < 4.78 is 5.27. The van der Waals surface area contributed by atoms with Gasteiger partial charge in [-0.05, 0) is 37.5 Å². The lowest BCUT2D eigenvalue weighted by atomic mass is 9.94. The van der Waals surface area contributed by atoms with E-state index in [0.717, 1.165) is 5.56 Å². The van der Waals surface area contributed by atoms with E-state index in [1.807, 2.05) is 45.0 Å². The van der Waals surface area contributed by atoms with Crippen molar-refractivity contribution in [3.05, 3.63) is 29.8 Å². The van der Waals surface area contributed by atoms with E-state index in [9.17, 15) is 9.90 Å². The van der Waals surface area contributed by atoms with Gasteiger partial charge in [-0.3, -0.25) is 0 Å². The lowest BCUT2D eigenvalue weighted by Gasteiger charge is -2.30. The minimum atomic E-state index is -0.568. The molecule has 0 aromatic heterocycles. The fourth-order valence-corrected chi connectivity index (χ4v) is 2.10. The molecule has 0 spiro atoms. The van der Waals surface area contributed by atoms with Crippen LogP contribution in [-0.4, -0.2) is 30.4 Å². The normalized spacial score (nSPS) is 12.8. The summed E-state index contributed by atoms with van der Waals surface area (Å²) in [4.78, 5) is 12.1. The van der Waals surface area contributed by atoms with Crippen molar-refractivity contribution in [1.82, 2.24) is 5.32 Å². The second-order valence-electron chi connectivity index (χ2n) is 5.23. The van der Waals surface area contributed by atoms with Crippen LogP contribution in [0.25, 0.3) is 0 Å². The van der Waals surface area contributed by atoms with Gasteiger partial charge in [0.1, 0.15) is 0 Å². The molecular formula is C16H26N2O3. The van der Waals surface area contributed by atoms with Gasteiger partial charge < -0.3 is 20.5 Å². The minimum absolute atomic E-state index is 0.0300. The van der Waals surface area contributed by atoms with Gasteiger partial charge in [0.2, 0.25) is 0 Å². The number of ether oxygens (including phenoxy) is 1. The molecule has 2 amide bonds. The van der Waals surface area contributed by atoms with Crippen LogP contribution >= 0.6 is 0 Å². The maximum absolute atomic E-state index is 12.1. The highest BCUT2D eigenvalue weighted by molar-refractivity contribution is 5.89. The van der Waals surface area contributed by atoms with E-state index in [4.69, 9.17) is 4.74 Å². The molecule has 0 bridgehead atoms. The predicted molar refractivity (Wildman–Crippen MR) is 84.4 cm³/mol. The van der Waals surface area contributed by atoms with Crippen LogP contribution < -0.4 is 10.6 Å². The molecule has 0 saturated heterocycles. The van der Waals surface area contributed by atoms with Crippen molar-refractivity contribution >= 4 is 11.7 Å². The number of aliphatic hydroxyl groups is 1. The molecule has 3 N–H and O–H groups in total. The summed E-state index contributed by atoms with van der Waals surface area (Å²) in [5.41, 5.74) is 1.13. The highest BCUT2D eigenvalue weighted by Gasteiger charge is 2.27. The Hall–Kier alpha value is -1.59. The van der Waals surface area contributed by atoms with E-state index in [1.54, 1.807) is 7.11 Å². The Balaban J connectivity index is 2.75. The van der Waals surface area contributed by atoms with E-state index in [1.165, 1.54) is 0 Å². The third-order valence-corrected chi connectivity index (χ3v) is 4.00. The lowest BCUT2D eigenvalue weighted by Crippen LogP contribution is -2.52. The third kappa shape index (κ3) is 4.72. The first-order valence-electron chi connectivity index (χ1n) is 7.33. The highest BCUT2D eigenvalue weighted by Crippen LogP contribution is 2.20. The number of hydrogen-bond acceptors (Lipinski definition) is 3. The molecule has 1 rings (SSSR count). The number of amides is 2. The van der Waals surface area contributed by atoms with Crippen molar-refractivity contribution in [2.24, 2.45) is 0 Å². The minimum Gasteiger partial charge on any atom is -0.394 e. The van der Waals surface area contributed by atoms with Crippen molar-refractivity contribution < 1.29 is 14.6 Å². The quantitative estimate of drug-likeness (QED) is 0.724. The summed E-state index contributed by atoms with van der Waals surface area (Å²) in [7, 11) is 1.65. The van der Waals surface area contributed by atoms with Crippen LogP contribution in [0.4, 0.5) is 10.5 Å². The number of urea groups is 1. The molecular weight excluding hydrogens is 268 g/mol. The first-order valence-corrected chi connectivity index (χ1v) is 7.33. The Bertz CT molecular complexity index is 450. The number of aliphatic hydroxyl groups excluding tert-OH is 1. The zero-order chi connectivity index (χ0) is 15.9. The van der Waals surface area contributed by atoms with E-state index in [0.29, 0.717) is 18.5 Å². The van der Waals surface area contributed by atoms with Gasteiger partial charge in [0.15, 0.2) is 0 Å². The fraction of sp³-hybridized carbons (Fsp3) is 0.562. The van der Waals surface area contributed by atoms with Crippen LogP contribution in [0.15, 0.2) is 24.3 Å². The smallest absolute Gasteiger partial charge is 0.319 e. The van der Waals surface area contributed by atoms with Gasteiger partial charge >= 0.3 is 6.03 Å². The van der Waals surface area contributed by atoms with Gasteiger partial charge in [-0.25, -0.2) is 4.79 Å². The molecule has 0 radical (unpaired) electrons. The summed E-state index contributed by atoms with van der Waals surface area (Å²) >= 11 is 0. The van der Waals surface area contributed by atoms with Gasteiger partial charge in [-0.1, -0.05) is 26.0 Å². The van der Waals surface area contributed by atoms with Crippen molar-refractivity contribution in [3.8, 4) is 0 Å². The molecule has 0 aliphatic carbocycles. The summed E-state index contributed by atoms with van der Waals surface area (Å²) in [6.07, 6.45) is 1.32. The maximum Gasteiger partial charge on any atom is 0.319 e. The highest BCUT2D eigenvalue weighted by atomic mass is 16.5. The number of methoxy groups -OCH3 is 1. The molecule has 5 nitrogen and oxygen atoms in total. The lowest BCUT2D eigenvalue weighted by molar-refractivity contribution is 0.119. The monoisotopic (exact) mass is 294 g/mol. The number of carbonyl (C=O) groups is 1. The van der Waals surface area contributed by atoms with Crippen LogP contribution in [0.3, 0.4) is 0 Å². The molecule has 0 heterocycles. The molecule has 21 heavy (non-hydrogen) atoms. The Labute approximate surface area is 126 Å². The van der Waals surface area contributed by atoms with E-state index < -0.39 is 5.54 Å². The average Bonchev–Trinajstić information content (AvgIpc) is 2.52. The van der Waals surface area contributed by atoms with Crippen molar-refractivity contribution in [3.63, 3.8) is 0 Å². The van der Waals surface area contributed by atoms with Crippen LogP contribution in [0.1, 0.15) is 45.3 Å². The maximum atomic E-state index is 12.1. The molecule has 0 saturated carbocycles. The molecule has 0 aliphatic rings. The second-order valence-corrected chi connectivity index (χ2v) is 5.23. The van der Waals surface area contributed by atoms with Crippen LogP contribution in [-0.2, 0) is 4.74 Å². The zero-order valence-electron chi connectivity index (χ0n) is 13.3. The van der Waals surface area contributed by atoms with Gasteiger partial charge in [0, 0.05) is 12.8 Å². The topological polar surface area (TPSA) is 70.6 Å². The summed E-state index contributed by atoms with van der Waals surface area (Å²) in [6.45, 7) is 5.76. The first kappa shape index (κ1) is 17.5. The molecule has 118 valence electrons. The Morgan fingerprint density at radius 2 is 2.05 bits per heavy atom. The van der Waals surface area contributed by atoms with Crippen molar-refractivity contribution in [2.75, 3.05) is 19.0 Å². The number of hydrogen-bond donors (Lipinski definition) is 3. The average molecular weight is 294 g/mol. The van der Waals surface area contributed by atoms with Gasteiger partial charge in [-0.15, -0.1) is 0 Å². The molecule has 1 aromatic carbocycles. The predicted octanol–water partition coefficient (Wildman–Crippen LogP) is 3.07. The first-order chi connectivity index (χ1) is 10.00. The number of benzene rings is 1. The molecule has 0 fully saturated rings. The van der Waals surface area contributed by atoms with Gasteiger partial charge in [-0.2, -0.15) is 0 Å². The molecule has 5 heteroatoms. The fourth-order valence-electron chi connectivity index (χ4n) is 2.10. The number of anilines is 1. The largest absolute Gasteiger partial charge is 0.394 e. The van der Waals surface area contributed by atoms with Gasteiger partial charge in [0.25, 0.3) is 0 Å². The van der Waals surface area contributed by atoms with Crippen LogP contribution in [0.2, 0.25) is 0 Å². The van der Waals surface area contributed by atoms with E-state index in [2.05, 4.69) is 10.6 Å². The summed E-state index contributed by atoms with van der Waals surface area (Å²) in [6, 6.07) is 7.22. The van der Waals surface area contributed by atoms with E-state index in [-0.39, 0.29) is 18.7 Å². The standard InChI is InChI=1S/C16H26N2O3/c1-5-16(6-2,11-19)18-15(20)17-14-9-7-8-13(10-14)12(3)21-4/h7-10,12,19H,5-6,11H2,1-4H3,(H2,17,18,20). The van der Waals surface area contributed by atoms with Crippen molar-refractivity contribution in [1.29, 1.82) is 0 Å². The molecule has 1 atom stereocenters. The number of rotatable bonds is 7. The number of carbonyl (C=O) groups excluding carboxylic acids is 1. The third-order valence-electron chi connectivity index (χ3n) is 4.00. The Kier molecular flexibility index (Phi) is 6.65. The zero-order valence-corrected chi connectivity index (χ0v) is 13.3.